The summed E-state index contributed by atoms with van der Waals surface area (Å²) in [7, 11) is -3.58. The van der Waals surface area contributed by atoms with Crippen molar-refractivity contribution < 1.29 is 21.6 Å². The summed E-state index contributed by atoms with van der Waals surface area (Å²) in [5.41, 5.74) is 1.59. The highest BCUT2D eigenvalue weighted by molar-refractivity contribution is 7.91. The van der Waals surface area contributed by atoms with Crippen molar-refractivity contribution in [3.63, 3.8) is 0 Å². The summed E-state index contributed by atoms with van der Waals surface area (Å²) in [6.45, 7) is 8.51. The van der Waals surface area contributed by atoms with Crippen LogP contribution in [0.25, 0.3) is 22.0 Å². The molecule has 1 aliphatic rings. The van der Waals surface area contributed by atoms with Gasteiger partial charge in [-0.15, -0.1) is 0 Å². The fraction of sp³-hybridized carbons (Fsp3) is 0.423. The first-order valence-corrected chi connectivity index (χ1v) is 12.9. The first kappa shape index (κ1) is 24.5. The average molecular weight is 491 g/mol. The lowest BCUT2D eigenvalue weighted by Gasteiger charge is -2.22. The van der Waals surface area contributed by atoms with E-state index in [1.807, 2.05) is 10.8 Å². The first-order chi connectivity index (χ1) is 15.8. The number of aromatic nitrogens is 1. The molecule has 0 spiro atoms. The van der Waals surface area contributed by atoms with Crippen LogP contribution in [-0.2, 0) is 22.7 Å². The van der Waals surface area contributed by atoms with Crippen molar-refractivity contribution in [3.05, 3.63) is 59.8 Å². The molecular formula is C26H29F3N2O2S. The Bertz CT molecular complexity index is 1360. The third kappa shape index (κ3) is 4.92. The molecule has 0 atom stereocenters. The minimum absolute atomic E-state index is 0.105. The van der Waals surface area contributed by atoms with E-state index in [1.54, 1.807) is 31.2 Å². The largest absolute Gasteiger partial charge is 0.417 e. The Morgan fingerprint density at radius 3 is 2.35 bits per heavy atom. The fourth-order valence-corrected chi connectivity index (χ4v) is 5.91. The molecule has 2 aromatic carbocycles. The van der Waals surface area contributed by atoms with Gasteiger partial charge in [-0.2, -0.15) is 17.6 Å². The van der Waals surface area contributed by atoms with Gasteiger partial charge in [0.05, 0.1) is 16.5 Å². The summed E-state index contributed by atoms with van der Waals surface area (Å²) in [4.78, 5) is 0. The number of alkyl halides is 3. The van der Waals surface area contributed by atoms with Crippen LogP contribution in [-0.4, -0.2) is 23.9 Å². The van der Waals surface area contributed by atoms with Crippen molar-refractivity contribution in [2.75, 3.05) is 0 Å². The molecule has 0 aliphatic heterocycles. The van der Waals surface area contributed by atoms with Crippen molar-refractivity contribution in [2.24, 2.45) is 9.81 Å². The van der Waals surface area contributed by atoms with Gasteiger partial charge >= 0.3 is 6.18 Å². The predicted octanol–water partition coefficient (Wildman–Crippen LogP) is 7.06. The van der Waals surface area contributed by atoms with E-state index < -0.39 is 27.0 Å². The van der Waals surface area contributed by atoms with E-state index in [0.717, 1.165) is 23.4 Å². The normalized spacial score (nSPS) is 16.1. The Morgan fingerprint density at radius 2 is 1.76 bits per heavy atom. The Hall–Kier alpha value is -2.61. The van der Waals surface area contributed by atoms with Crippen molar-refractivity contribution >= 4 is 26.6 Å². The van der Waals surface area contributed by atoms with Crippen LogP contribution >= 0.6 is 0 Å². The van der Waals surface area contributed by atoms with Crippen LogP contribution in [0.15, 0.2) is 53.1 Å². The van der Waals surface area contributed by atoms with Crippen LogP contribution in [0.4, 0.5) is 13.2 Å². The van der Waals surface area contributed by atoms with Crippen LogP contribution in [0.2, 0.25) is 0 Å². The third-order valence-corrected chi connectivity index (χ3v) is 8.04. The summed E-state index contributed by atoms with van der Waals surface area (Å²) in [6, 6.07) is 10.7. The molecule has 4 rings (SSSR count). The number of benzene rings is 2. The molecule has 0 amide bonds. The molecule has 34 heavy (non-hydrogen) atoms. The van der Waals surface area contributed by atoms with Gasteiger partial charge in [0.1, 0.15) is 0 Å². The summed E-state index contributed by atoms with van der Waals surface area (Å²) < 4.78 is 72.3. The van der Waals surface area contributed by atoms with Gasteiger partial charge in [0, 0.05) is 29.2 Å². The predicted molar refractivity (Wildman–Crippen MR) is 131 cm³/mol. The highest BCUT2D eigenvalue weighted by Gasteiger charge is 2.34. The van der Waals surface area contributed by atoms with E-state index in [1.165, 1.54) is 12.1 Å². The number of hydrogen-bond acceptors (Lipinski definition) is 2. The number of hydrogen-bond donors (Lipinski definition) is 0. The maximum Gasteiger partial charge on any atom is 0.417 e. The van der Waals surface area contributed by atoms with Gasteiger partial charge in [0.25, 0.3) is 10.0 Å². The topological polar surface area (TPSA) is 51.4 Å². The van der Waals surface area contributed by atoms with E-state index in [4.69, 9.17) is 0 Å². The molecule has 1 saturated carbocycles. The Kier molecular flexibility index (Phi) is 6.17. The van der Waals surface area contributed by atoms with Crippen LogP contribution in [0.3, 0.4) is 0 Å². The van der Waals surface area contributed by atoms with E-state index >= 15 is 0 Å². The van der Waals surface area contributed by atoms with Crippen molar-refractivity contribution in [3.8, 4) is 11.1 Å². The maximum absolute atomic E-state index is 13.6. The lowest BCUT2D eigenvalue weighted by molar-refractivity contribution is -0.137. The molecule has 1 fully saturated rings. The molecular weight excluding hydrogens is 461 g/mol. The second-order valence-corrected chi connectivity index (χ2v) is 12.1. The van der Waals surface area contributed by atoms with Gasteiger partial charge in [-0.3, -0.25) is 0 Å². The number of rotatable bonds is 5. The minimum atomic E-state index is -4.47. The van der Waals surface area contributed by atoms with Crippen LogP contribution in [0, 0.1) is 5.41 Å². The Labute approximate surface area is 198 Å². The van der Waals surface area contributed by atoms with Gasteiger partial charge in [-0.1, -0.05) is 57.5 Å². The number of nitrogens with zero attached hydrogens (tertiary/aromatic N) is 2. The van der Waals surface area contributed by atoms with Gasteiger partial charge < -0.3 is 4.57 Å². The minimum Gasteiger partial charge on any atom is -0.346 e. The molecule has 0 bridgehead atoms. The van der Waals surface area contributed by atoms with Crippen molar-refractivity contribution in [1.29, 1.82) is 0 Å². The maximum atomic E-state index is 13.6. The fourth-order valence-electron chi connectivity index (χ4n) is 4.35. The van der Waals surface area contributed by atoms with Crippen molar-refractivity contribution in [2.45, 2.75) is 64.9 Å². The number of halogens is 3. The van der Waals surface area contributed by atoms with E-state index in [9.17, 15) is 21.6 Å². The summed E-state index contributed by atoms with van der Waals surface area (Å²) in [5.74, 6) is 0. The number of fused-ring (bicyclic) bond motifs is 1. The second-order valence-electron chi connectivity index (χ2n) is 10.3. The lowest BCUT2D eigenvalue weighted by atomic mass is 9.96. The van der Waals surface area contributed by atoms with Crippen molar-refractivity contribution in [1.82, 2.24) is 4.57 Å². The third-order valence-electron chi connectivity index (χ3n) is 6.20. The number of sulfonamides is 1. The Balaban J connectivity index is 1.88. The zero-order valence-electron chi connectivity index (χ0n) is 19.8. The van der Waals surface area contributed by atoms with Gasteiger partial charge in [0.15, 0.2) is 0 Å². The summed E-state index contributed by atoms with van der Waals surface area (Å²) in [5, 5.41) is 0.346. The highest BCUT2D eigenvalue weighted by atomic mass is 32.2. The molecule has 1 aliphatic carbocycles. The van der Waals surface area contributed by atoms with Crippen LogP contribution in [0.1, 0.15) is 58.1 Å². The van der Waals surface area contributed by atoms with E-state index in [2.05, 4.69) is 25.2 Å². The molecule has 182 valence electrons. The smallest absolute Gasteiger partial charge is 0.346 e. The molecule has 1 aromatic heterocycles. The van der Waals surface area contributed by atoms with E-state index in [0.29, 0.717) is 36.2 Å². The summed E-state index contributed by atoms with van der Waals surface area (Å²) in [6.07, 6.45) is -0.445. The lowest BCUT2D eigenvalue weighted by Crippen LogP contribution is -2.27. The molecule has 0 unspecified atom stereocenters. The van der Waals surface area contributed by atoms with Gasteiger partial charge in [-0.25, -0.2) is 8.42 Å². The first-order valence-electron chi connectivity index (χ1n) is 11.4. The van der Waals surface area contributed by atoms with Gasteiger partial charge in [0.2, 0.25) is 0 Å². The molecule has 0 radical (unpaired) electrons. The zero-order chi connectivity index (χ0) is 24.9. The van der Waals surface area contributed by atoms with Crippen LogP contribution < -0.4 is 0 Å². The molecule has 1 heterocycles. The molecule has 4 nitrogen and oxygen atoms in total. The summed E-state index contributed by atoms with van der Waals surface area (Å²) >= 11 is 0. The molecule has 0 saturated heterocycles. The second kappa shape index (κ2) is 8.56. The monoisotopic (exact) mass is 490 g/mol. The average Bonchev–Trinajstić information content (AvgIpc) is 3.01. The molecule has 8 heteroatoms. The zero-order valence-corrected chi connectivity index (χ0v) is 20.6. The quantitative estimate of drug-likeness (QED) is 0.359. The van der Waals surface area contributed by atoms with E-state index in [-0.39, 0.29) is 11.0 Å². The van der Waals surface area contributed by atoms with Gasteiger partial charge in [-0.05, 0) is 48.4 Å². The SMILES string of the molecule is CC(=NS(=O)(=O)C1CCC1)c1cn(CC(C)(C)C)c2cc(-c3ccccc3C(F)(F)F)ccc12. The highest BCUT2D eigenvalue weighted by Crippen LogP contribution is 2.38. The Morgan fingerprint density at radius 1 is 1.09 bits per heavy atom. The van der Waals surface area contributed by atoms with Crippen LogP contribution in [0.5, 0.6) is 0 Å². The standard InChI is InChI=1S/C26H29F3N2O2S/c1-17(30-34(32,33)19-8-7-9-19)22-15-31(16-25(2,3)4)24-14-18(12-13-21(22)24)20-10-5-6-11-23(20)26(27,28)29/h5-6,10-15,19H,7-9,16H2,1-4H3. The molecule has 3 aromatic rings. The molecule has 0 N–H and O–H groups in total.